The van der Waals surface area contributed by atoms with Crippen LogP contribution in [0.25, 0.3) is 10.1 Å². The second-order valence-corrected chi connectivity index (χ2v) is 8.09. The maximum absolute atomic E-state index is 13.2. The first kappa shape index (κ1) is 22.2. The Labute approximate surface area is 191 Å². The van der Waals surface area contributed by atoms with Crippen molar-refractivity contribution in [2.24, 2.45) is 0 Å². The summed E-state index contributed by atoms with van der Waals surface area (Å²) >= 11 is 7.77. The Morgan fingerprint density at radius 3 is 2.47 bits per heavy atom. The number of ether oxygens (including phenoxy) is 3. The Morgan fingerprint density at radius 1 is 1.00 bits per heavy atom. The fourth-order valence-electron chi connectivity index (χ4n) is 3.16. The van der Waals surface area contributed by atoms with Crippen LogP contribution in [0.15, 0.2) is 60.1 Å². The Hall–Kier alpha value is -2.97. The van der Waals surface area contributed by atoms with Crippen LogP contribution >= 0.6 is 22.9 Å². The quantitative estimate of drug-likeness (QED) is 0.264. The predicted molar refractivity (Wildman–Crippen MR) is 118 cm³/mol. The van der Waals surface area contributed by atoms with Gasteiger partial charge < -0.3 is 14.2 Å². The number of methoxy groups -OCH3 is 1. The van der Waals surface area contributed by atoms with Gasteiger partial charge in [-0.05, 0) is 41.3 Å². The molecular formula is C23H17ClF3NO3S. The Morgan fingerprint density at radius 2 is 1.75 bits per heavy atom. The van der Waals surface area contributed by atoms with Crippen molar-refractivity contribution in [1.82, 2.24) is 4.98 Å². The summed E-state index contributed by atoms with van der Waals surface area (Å²) in [5.74, 6) is 0.808. The Kier molecular flexibility index (Phi) is 6.43. The van der Waals surface area contributed by atoms with Crippen LogP contribution in [0.3, 0.4) is 0 Å². The Balaban J connectivity index is 1.43. The van der Waals surface area contributed by atoms with E-state index in [4.69, 9.17) is 25.8 Å². The average Bonchev–Trinajstić information content (AvgIpc) is 3.20. The molecule has 2 aromatic heterocycles. The standard InChI is InChI=1S/C23H17ClF3NO3S/c1-29-19-6-5-14(9-18(19)23(25,26)27)11-30-16-3-2-4-17(10-16)31-12-15-13-32-20-7-8-28-22(24)21(15)20/h2-10,13H,11-12H2,1H3. The van der Waals surface area contributed by atoms with Gasteiger partial charge in [0.15, 0.2) is 0 Å². The maximum atomic E-state index is 13.2. The number of pyridine rings is 1. The molecule has 4 rings (SSSR count). The van der Waals surface area contributed by atoms with E-state index in [1.165, 1.54) is 19.2 Å². The summed E-state index contributed by atoms with van der Waals surface area (Å²) in [4.78, 5) is 4.11. The van der Waals surface area contributed by atoms with E-state index in [1.54, 1.807) is 41.8 Å². The van der Waals surface area contributed by atoms with Crippen LogP contribution in [0.5, 0.6) is 17.2 Å². The normalized spacial score (nSPS) is 11.5. The van der Waals surface area contributed by atoms with Crippen LogP contribution < -0.4 is 14.2 Å². The smallest absolute Gasteiger partial charge is 0.419 e. The third kappa shape index (κ3) is 4.92. The highest BCUT2D eigenvalue weighted by Crippen LogP contribution is 2.37. The van der Waals surface area contributed by atoms with Crippen LogP contribution in [0.1, 0.15) is 16.7 Å². The molecule has 0 radical (unpaired) electrons. The summed E-state index contributed by atoms with van der Waals surface area (Å²) in [7, 11) is 1.20. The number of hydrogen-bond donors (Lipinski definition) is 0. The number of thiophene rings is 1. The molecule has 32 heavy (non-hydrogen) atoms. The minimum atomic E-state index is -4.51. The van der Waals surface area contributed by atoms with E-state index in [0.29, 0.717) is 28.8 Å². The second kappa shape index (κ2) is 9.26. The zero-order chi connectivity index (χ0) is 22.7. The lowest BCUT2D eigenvalue weighted by atomic mass is 10.1. The lowest BCUT2D eigenvalue weighted by molar-refractivity contribution is -0.138. The predicted octanol–water partition coefficient (Wildman–Crippen LogP) is 7.14. The van der Waals surface area contributed by atoms with Crippen molar-refractivity contribution < 1.29 is 27.4 Å². The van der Waals surface area contributed by atoms with Gasteiger partial charge in [-0.25, -0.2) is 4.98 Å². The van der Waals surface area contributed by atoms with E-state index in [-0.39, 0.29) is 12.4 Å². The number of aromatic nitrogens is 1. The van der Waals surface area contributed by atoms with E-state index in [0.717, 1.165) is 21.7 Å². The van der Waals surface area contributed by atoms with Crippen molar-refractivity contribution in [2.45, 2.75) is 19.4 Å². The molecule has 0 atom stereocenters. The van der Waals surface area contributed by atoms with Crippen LogP contribution in [-0.2, 0) is 19.4 Å². The van der Waals surface area contributed by atoms with Gasteiger partial charge in [0.25, 0.3) is 0 Å². The molecule has 4 nitrogen and oxygen atoms in total. The van der Waals surface area contributed by atoms with Crippen molar-refractivity contribution in [3.63, 3.8) is 0 Å². The van der Waals surface area contributed by atoms with E-state index < -0.39 is 11.7 Å². The fourth-order valence-corrected chi connectivity index (χ4v) is 4.43. The molecule has 2 aromatic carbocycles. The van der Waals surface area contributed by atoms with Crippen LogP contribution in [0.4, 0.5) is 13.2 Å². The molecule has 0 aliphatic heterocycles. The summed E-state index contributed by atoms with van der Waals surface area (Å²) < 4.78 is 57.0. The summed E-state index contributed by atoms with van der Waals surface area (Å²) in [5.41, 5.74) is 0.456. The van der Waals surface area contributed by atoms with Gasteiger partial charge in [-0.3, -0.25) is 0 Å². The number of alkyl halides is 3. The molecule has 0 saturated heterocycles. The fraction of sp³-hybridized carbons (Fsp3) is 0.174. The molecule has 4 aromatic rings. The van der Waals surface area contributed by atoms with Gasteiger partial charge >= 0.3 is 6.18 Å². The first-order valence-electron chi connectivity index (χ1n) is 9.45. The van der Waals surface area contributed by atoms with Gasteiger partial charge in [-0.1, -0.05) is 23.7 Å². The highest BCUT2D eigenvalue weighted by molar-refractivity contribution is 7.17. The van der Waals surface area contributed by atoms with Crippen molar-refractivity contribution >= 4 is 33.0 Å². The van der Waals surface area contributed by atoms with Gasteiger partial charge in [-0.15, -0.1) is 11.3 Å². The first-order valence-corrected chi connectivity index (χ1v) is 10.7. The molecule has 0 unspecified atom stereocenters. The second-order valence-electron chi connectivity index (χ2n) is 6.82. The zero-order valence-electron chi connectivity index (χ0n) is 16.8. The molecule has 0 fully saturated rings. The highest BCUT2D eigenvalue weighted by atomic mass is 35.5. The number of fused-ring (bicyclic) bond motifs is 1. The summed E-state index contributed by atoms with van der Waals surface area (Å²) in [6, 6.07) is 12.7. The van der Waals surface area contributed by atoms with Crippen molar-refractivity contribution in [2.75, 3.05) is 7.11 Å². The van der Waals surface area contributed by atoms with Crippen molar-refractivity contribution in [3.8, 4) is 17.2 Å². The molecule has 0 N–H and O–H groups in total. The molecule has 166 valence electrons. The lowest BCUT2D eigenvalue weighted by Crippen LogP contribution is -2.09. The number of rotatable bonds is 7. The number of benzene rings is 2. The number of halogens is 4. The first-order chi connectivity index (χ1) is 15.3. The summed E-state index contributed by atoms with van der Waals surface area (Å²) in [5, 5.41) is 3.27. The molecule has 0 bridgehead atoms. The molecule has 9 heteroatoms. The van der Waals surface area contributed by atoms with E-state index in [2.05, 4.69) is 4.98 Å². The van der Waals surface area contributed by atoms with E-state index >= 15 is 0 Å². The topological polar surface area (TPSA) is 40.6 Å². The van der Waals surface area contributed by atoms with Gasteiger partial charge in [0.05, 0.1) is 12.7 Å². The van der Waals surface area contributed by atoms with Gasteiger partial charge in [0.2, 0.25) is 0 Å². The summed E-state index contributed by atoms with van der Waals surface area (Å²) in [6.45, 7) is 0.259. The average molecular weight is 480 g/mol. The Bertz CT molecular complexity index is 1240. The highest BCUT2D eigenvalue weighted by Gasteiger charge is 2.34. The monoisotopic (exact) mass is 479 g/mol. The van der Waals surface area contributed by atoms with Crippen LogP contribution in [0.2, 0.25) is 5.15 Å². The van der Waals surface area contributed by atoms with Gasteiger partial charge in [-0.2, -0.15) is 13.2 Å². The van der Waals surface area contributed by atoms with Gasteiger partial charge in [0, 0.05) is 27.9 Å². The molecule has 0 aliphatic carbocycles. The maximum Gasteiger partial charge on any atom is 0.419 e. The molecule has 0 aliphatic rings. The van der Waals surface area contributed by atoms with E-state index in [9.17, 15) is 13.2 Å². The van der Waals surface area contributed by atoms with Crippen LogP contribution in [-0.4, -0.2) is 12.1 Å². The third-order valence-corrected chi connectivity index (χ3v) is 5.97. The molecule has 2 heterocycles. The molecule has 0 spiro atoms. The molecule has 0 saturated carbocycles. The van der Waals surface area contributed by atoms with E-state index in [1.807, 2.05) is 11.4 Å². The molecular weight excluding hydrogens is 463 g/mol. The number of nitrogens with zero attached hydrogens (tertiary/aromatic N) is 1. The third-order valence-electron chi connectivity index (χ3n) is 4.69. The van der Waals surface area contributed by atoms with Gasteiger partial charge in [0.1, 0.15) is 35.6 Å². The minimum Gasteiger partial charge on any atom is -0.496 e. The lowest BCUT2D eigenvalue weighted by Gasteiger charge is -2.14. The minimum absolute atomic E-state index is 0.0347. The van der Waals surface area contributed by atoms with Crippen LogP contribution in [0, 0.1) is 0 Å². The number of hydrogen-bond acceptors (Lipinski definition) is 5. The SMILES string of the molecule is COc1ccc(COc2cccc(OCc3csc4ccnc(Cl)c34)c2)cc1C(F)(F)F. The van der Waals surface area contributed by atoms with Crippen molar-refractivity contribution in [1.29, 1.82) is 0 Å². The zero-order valence-corrected chi connectivity index (χ0v) is 18.4. The molecule has 0 amide bonds. The summed E-state index contributed by atoms with van der Waals surface area (Å²) in [6.07, 6.45) is -2.85. The largest absolute Gasteiger partial charge is 0.496 e. The van der Waals surface area contributed by atoms with Crippen molar-refractivity contribution in [3.05, 3.63) is 82.0 Å².